The molecule has 0 saturated carbocycles. The Hall–Kier alpha value is -3.36. The Morgan fingerprint density at radius 2 is 1.80 bits per heavy atom. The Balaban J connectivity index is 1.94. The van der Waals surface area contributed by atoms with Gasteiger partial charge in [0.05, 0.1) is 0 Å². The van der Waals surface area contributed by atoms with E-state index in [9.17, 15) is 14.4 Å². The van der Waals surface area contributed by atoms with Crippen molar-refractivity contribution >= 4 is 29.4 Å². The van der Waals surface area contributed by atoms with Crippen LogP contribution in [0.25, 0.3) is 0 Å². The number of carboxylic acid groups (broad SMARTS) is 1. The summed E-state index contributed by atoms with van der Waals surface area (Å²) in [5.41, 5.74) is 0.933. The second kappa shape index (κ2) is 7.95. The molecule has 1 heterocycles. The zero-order valence-corrected chi connectivity index (χ0v) is 13.8. The summed E-state index contributed by atoms with van der Waals surface area (Å²) in [5.74, 6) is -1.16. The van der Waals surface area contributed by atoms with Crippen molar-refractivity contribution in [3.05, 3.63) is 42.1 Å². The van der Waals surface area contributed by atoms with Crippen LogP contribution in [0.3, 0.4) is 0 Å². The molecule has 0 aliphatic carbocycles. The van der Waals surface area contributed by atoms with Gasteiger partial charge in [0.1, 0.15) is 6.54 Å². The quantitative estimate of drug-likeness (QED) is 0.635. The van der Waals surface area contributed by atoms with Crippen molar-refractivity contribution in [1.29, 1.82) is 0 Å². The van der Waals surface area contributed by atoms with E-state index >= 15 is 0 Å². The fourth-order valence-electron chi connectivity index (χ4n) is 1.98. The number of hydrogen-bond acceptors (Lipinski definition) is 4. The molecule has 2 rings (SSSR count). The molecule has 0 unspecified atom stereocenters. The lowest BCUT2D eigenvalue weighted by molar-refractivity contribution is -0.137. The lowest BCUT2D eigenvalue weighted by Gasteiger charge is -2.10. The minimum atomic E-state index is -1.02. The normalized spacial score (nSPS) is 10.4. The maximum Gasteiger partial charge on any atom is 0.325 e. The van der Waals surface area contributed by atoms with Crippen molar-refractivity contribution in [3.8, 4) is 0 Å². The second-order valence-corrected chi connectivity index (χ2v) is 5.58. The summed E-state index contributed by atoms with van der Waals surface area (Å²) in [6, 6.07) is 7.55. The average Bonchev–Trinajstić information content (AvgIpc) is 2.93. The van der Waals surface area contributed by atoms with Gasteiger partial charge in [-0.15, -0.1) is 0 Å². The summed E-state index contributed by atoms with van der Waals surface area (Å²) < 4.78 is 1.21. The third kappa shape index (κ3) is 5.65. The molecule has 0 aliphatic rings. The number of benzene rings is 1. The zero-order valence-electron chi connectivity index (χ0n) is 13.8. The van der Waals surface area contributed by atoms with Gasteiger partial charge in [0.25, 0.3) is 5.91 Å². The summed E-state index contributed by atoms with van der Waals surface area (Å²) in [4.78, 5) is 34.4. The van der Waals surface area contributed by atoms with Crippen LogP contribution in [0.5, 0.6) is 0 Å². The van der Waals surface area contributed by atoms with E-state index in [0.29, 0.717) is 11.3 Å². The van der Waals surface area contributed by atoms with Crippen LogP contribution in [-0.2, 0) is 11.3 Å². The highest BCUT2D eigenvalue weighted by Gasteiger charge is 2.10. The van der Waals surface area contributed by atoms with E-state index in [0.717, 1.165) is 0 Å². The number of hydrogen-bond donors (Lipinski definition) is 4. The standard InChI is InChI=1S/C16H19N5O4/c1-10(2)17-16(25)18-12-5-3-11(4-6-12)15(24)19-13-7-8-21(20-13)9-14(22)23/h3-8,10H,9H2,1-2H3,(H,22,23)(H2,17,18,25)(H,19,20,24). The number of amides is 3. The number of aliphatic carboxylic acids is 1. The Labute approximate surface area is 144 Å². The number of aromatic nitrogens is 2. The van der Waals surface area contributed by atoms with Gasteiger partial charge in [-0.25, -0.2) is 4.79 Å². The Kier molecular flexibility index (Phi) is 5.72. The van der Waals surface area contributed by atoms with E-state index in [1.54, 1.807) is 24.3 Å². The summed E-state index contributed by atoms with van der Waals surface area (Å²) in [6.45, 7) is 3.42. The molecule has 25 heavy (non-hydrogen) atoms. The Morgan fingerprint density at radius 3 is 2.40 bits per heavy atom. The van der Waals surface area contributed by atoms with Gasteiger partial charge in [0.2, 0.25) is 0 Å². The van der Waals surface area contributed by atoms with Gasteiger partial charge in [-0.3, -0.25) is 14.3 Å². The van der Waals surface area contributed by atoms with Gasteiger partial charge in [0.15, 0.2) is 5.82 Å². The van der Waals surface area contributed by atoms with E-state index < -0.39 is 11.9 Å². The van der Waals surface area contributed by atoms with Crippen LogP contribution in [0.15, 0.2) is 36.5 Å². The highest BCUT2D eigenvalue weighted by Crippen LogP contribution is 2.12. The van der Waals surface area contributed by atoms with E-state index in [2.05, 4.69) is 21.0 Å². The minimum Gasteiger partial charge on any atom is -0.480 e. The largest absolute Gasteiger partial charge is 0.480 e. The molecule has 2 aromatic rings. The number of nitrogens with one attached hydrogen (secondary N) is 3. The Bertz CT molecular complexity index is 767. The first kappa shape index (κ1) is 18.0. The van der Waals surface area contributed by atoms with Crippen LogP contribution >= 0.6 is 0 Å². The van der Waals surface area contributed by atoms with Crippen molar-refractivity contribution in [2.75, 3.05) is 10.6 Å². The highest BCUT2D eigenvalue weighted by molar-refractivity contribution is 6.04. The molecule has 3 amide bonds. The third-order valence-corrected chi connectivity index (χ3v) is 3.00. The number of carbonyl (C=O) groups excluding carboxylic acids is 2. The molecule has 1 aromatic carbocycles. The van der Waals surface area contributed by atoms with Crippen LogP contribution in [0, 0.1) is 0 Å². The van der Waals surface area contributed by atoms with E-state index in [4.69, 9.17) is 5.11 Å². The van der Waals surface area contributed by atoms with E-state index in [-0.39, 0.29) is 24.4 Å². The maximum absolute atomic E-state index is 12.1. The molecule has 0 aliphatic heterocycles. The topological polar surface area (TPSA) is 125 Å². The first-order chi connectivity index (χ1) is 11.8. The van der Waals surface area contributed by atoms with Gasteiger partial charge in [-0.1, -0.05) is 0 Å². The van der Waals surface area contributed by atoms with Crippen LogP contribution in [0.4, 0.5) is 16.3 Å². The van der Waals surface area contributed by atoms with Gasteiger partial charge < -0.3 is 21.1 Å². The molecular formula is C16H19N5O4. The first-order valence-corrected chi connectivity index (χ1v) is 7.57. The van der Waals surface area contributed by atoms with E-state index in [1.165, 1.54) is 16.9 Å². The molecule has 1 aromatic heterocycles. The summed E-state index contributed by atoms with van der Waals surface area (Å²) in [5, 5.41) is 20.6. The van der Waals surface area contributed by atoms with Crippen molar-refractivity contribution < 1.29 is 19.5 Å². The molecule has 0 saturated heterocycles. The molecular weight excluding hydrogens is 326 g/mol. The predicted octanol–water partition coefficient (Wildman–Crippen LogP) is 1.75. The van der Waals surface area contributed by atoms with Crippen molar-refractivity contribution in [1.82, 2.24) is 15.1 Å². The first-order valence-electron chi connectivity index (χ1n) is 7.57. The lowest BCUT2D eigenvalue weighted by atomic mass is 10.2. The number of urea groups is 1. The minimum absolute atomic E-state index is 0.0194. The molecule has 0 atom stereocenters. The predicted molar refractivity (Wildman–Crippen MR) is 91.5 cm³/mol. The van der Waals surface area contributed by atoms with Crippen molar-refractivity contribution in [2.45, 2.75) is 26.4 Å². The SMILES string of the molecule is CC(C)NC(=O)Nc1ccc(C(=O)Nc2ccn(CC(=O)O)n2)cc1. The van der Waals surface area contributed by atoms with Gasteiger partial charge in [-0.05, 0) is 38.1 Å². The summed E-state index contributed by atoms with van der Waals surface area (Å²) in [6.07, 6.45) is 1.46. The fraction of sp³-hybridized carbons (Fsp3) is 0.250. The second-order valence-electron chi connectivity index (χ2n) is 5.58. The van der Waals surface area contributed by atoms with Crippen molar-refractivity contribution in [2.24, 2.45) is 0 Å². The monoisotopic (exact) mass is 345 g/mol. The highest BCUT2D eigenvalue weighted by atomic mass is 16.4. The molecule has 9 heteroatoms. The van der Waals surface area contributed by atoms with Gasteiger partial charge in [-0.2, -0.15) is 5.10 Å². The number of anilines is 2. The van der Waals surface area contributed by atoms with Gasteiger partial charge >= 0.3 is 12.0 Å². The van der Waals surface area contributed by atoms with Gasteiger partial charge in [0, 0.05) is 29.6 Å². The van der Waals surface area contributed by atoms with Crippen LogP contribution in [0.1, 0.15) is 24.2 Å². The zero-order chi connectivity index (χ0) is 18.4. The molecule has 9 nitrogen and oxygen atoms in total. The Morgan fingerprint density at radius 1 is 1.12 bits per heavy atom. The smallest absolute Gasteiger partial charge is 0.325 e. The summed E-state index contributed by atoms with van der Waals surface area (Å²) >= 11 is 0. The number of nitrogens with zero attached hydrogens (tertiary/aromatic N) is 2. The third-order valence-electron chi connectivity index (χ3n) is 3.00. The molecule has 0 fully saturated rings. The van der Waals surface area contributed by atoms with Crippen molar-refractivity contribution in [3.63, 3.8) is 0 Å². The molecule has 0 radical (unpaired) electrons. The van der Waals surface area contributed by atoms with Crippen LogP contribution < -0.4 is 16.0 Å². The van der Waals surface area contributed by atoms with Crippen LogP contribution in [-0.4, -0.2) is 38.8 Å². The number of carbonyl (C=O) groups is 3. The fourth-order valence-corrected chi connectivity index (χ4v) is 1.98. The summed E-state index contributed by atoms with van der Waals surface area (Å²) in [7, 11) is 0. The average molecular weight is 345 g/mol. The van der Waals surface area contributed by atoms with E-state index in [1.807, 2.05) is 13.8 Å². The molecule has 0 bridgehead atoms. The maximum atomic E-state index is 12.1. The molecule has 132 valence electrons. The molecule has 0 spiro atoms. The number of rotatable bonds is 6. The lowest BCUT2D eigenvalue weighted by Crippen LogP contribution is -2.34. The number of carboxylic acids is 1. The molecule has 4 N–H and O–H groups in total. The van der Waals surface area contributed by atoms with Crippen LogP contribution in [0.2, 0.25) is 0 Å².